The van der Waals surface area contributed by atoms with Crippen LogP contribution in [0.25, 0.3) is 11.0 Å². The molecule has 3 rings (SSSR count). The van der Waals surface area contributed by atoms with Crippen LogP contribution in [0, 0.1) is 0 Å². The molecule has 0 spiro atoms. The molecule has 0 bridgehead atoms. The SMILES string of the molecule is CN1CCCC1Cn1c(N)nc2c(S(C)(=O)=O)cccc21. The van der Waals surface area contributed by atoms with Gasteiger partial charge in [-0.15, -0.1) is 0 Å². The summed E-state index contributed by atoms with van der Waals surface area (Å²) in [6, 6.07) is 5.62. The van der Waals surface area contributed by atoms with E-state index in [4.69, 9.17) is 5.73 Å². The number of fused-ring (bicyclic) bond motifs is 1. The molecule has 1 fully saturated rings. The first kappa shape index (κ1) is 14.3. The van der Waals surface area contributed by atoms with E-state index in [0.717, 1.165) is 25.0 Å². The number of nitrogens with two attached hydrogens (primary N) is 1. The summed E-state index contributed by atoms with van der Waals surface area (Å²) in [4.78, 5) is 6.84. The van der Waals surface area contributed by atoms with E-state index in [1.54, 1.807) is 12.1 Å². The average molecular weight is 308 g/mol. The second-order valence-corrected chi connectivity index (χ2v) is 7.74. The van der Waals surface area contributed by atoms with Gasteiger partial charge in [0.15, 0.2) is 9.84 Å². The first-order valence-corrected chi connectivity index (χ1v) is 8.92. The molecule has 0 amide bonds. The molecular weight excluding hydrogens is 288 g/mol. The van der Waals surface area contributed by atoms with E-state index >= 15 is 0 Å². The van der Waals surface area contributed by atoms with Crippen molar-refractivity contribution in [2.45, 2.75) is 30.3 Å². The highest BCUT2D eigenvalue weighted by atomic mass is 32.2. The van der Waals surface area contributed by atoms with Gasteiger partial charge in [-0.2, -0.15) is 0 Å². The predicted octanol–water partition coefficient (Wildman–Crippen LogP) is 1.12. The van der Waals surface area contributed by atoms with Gasteiger partial charge in [0.2, 0.25) is 5.95 Å². The predicted molar refractivity (Wildman–Crippen MR) is 82.9 cm³/mol. The Balaban J connectivity index is 2.10. The van der Waals surface area contributed by atoms with Gasteiger partial charge in [0, 0.05) is 18.8 Å². The maximum atomic E-state index is 11.9. The zero-order valence-corrected chi connectivity index (χ0v) is 13.1. The lowest BCUT2D eigenvalue weighted by Gasteiger charge is -2.20. The largest absolute Gasteiger partial charge is 0.369 e. The third kappa shape index (κ3) is 2.51. The molecule has 6 nitrogen and oxygen atoms in total. The molecule has 1 aliphatic rings. The number of hydrogen-bond acceptors (Lipinski definition) is 5. The Kier molecular flexibility index (Phi) is 3.41. The zero-order chi connectivity index (χ0) is 15.2. The quantitative estimate of drug-likeness (QED) is 0.919. The fourth-order valence-electron chi connectivity index (χ4n) is 3.05. The van der Waals surface area contributed by atoms with Gasteiger partial charge in [-0.05, 0) is 38.6 Å². The number of rotatable bonds is 3. The lowest BCUT2D eigenvalue weighted by Crippen LogP contribution is -2.29. The summed E-state index contributed by atoms with van der Waals surface area (Å²) in [5.74, 6) is 0.376. The third-order valence-electron chi connectivity index (χ3n) is 4.24. The Morgan fingerprint density at radius 2 is 2.19 bits per heavy atom. The van der Waals surface area contributed by atoms with E-state index in [9.17, 15) is 8.42 Å². The van der Waals surface area contributed by atoms with Crippen LogP contribution in [-0.2, 0) is 16.4 Å². The lowest BCUT2D eigenvalue weighted by atomic mass is 10.2. The van der Waals surface area contributed by atoms with Crippen molar-refractivity contribution in [1.82, 2.24) is 14.5 Å². The number of benzene rings is 1. The van der Waals surface area contributed by atoms with Crippen molar-refractivity contribution in [3.05, 3.63) is 18.2 Å². The van der Waals surface area contributed by atoms with Crippen LogP contribution >= 0.6 is 0 Å². The number of anilines is 1. The summed E-state index contributed by atoms with van der Waals surface area (Å²) < 4.78 is 25.7. The number of likely N-dealkylation sites (tertiary alicyclic amines) is 1. The first-order chi connectivity index (χ1) is 9.88. The van der Waals surface area contributed by atoms with Crippen LogP contribution in [0.5, 0.6) is 0 Å². The lowest BCUT2D eigenvalue weighted by molar-refractivity contribution is 0.285. The highest BCUT2D eigenvalue weighted by molar-refractivity contribution is 7.91. The molecule has 0 saturated carbocycles. The van der Waals surface area contributed by atoms with Crippen LogP contribution < -0.4 is 5.73 Å². The number of aromatic nitrogens is 2. The summed E-state index contributed by atoms with van der Waals surface area (Å²) in [7, 11) is -1.21. The molecule has 114 valence electrons. The third-order valence-corrected chi connectivity index (χ3v) is 5.36. The highest BCUT2D eigenvalue weighted by Gasteiger charge is 2.24. The summed E-state index contributed by atoms with van der Waals surface area (Å²) >= 11 is 0. The van der Waals surface area contributed by atoms with E-state index in [0.29, 0.717) is 17.5 Å². The molecule has 2 N–H and O–H groups in total. The number of sulfone groups is 1. The number of hydrogen-bond donors (Lipinski definition) is 1. The fourth-order valence-corrected chi connectivity index (χ4v) is 3.88. The Hall–Kier alpha value is -1.60. The minimum Gasteiger partial charge on any atom is -0.369 e. The maximum Gasteiger partial charge on any atom is 0.201 e. The van der Waals surface area contributed by atoms with Gasteiger partial charge < -0.3 is 15.2 Å². The second-order valence-electron chi connectivity index (χ2n) is 5.75. The molecule has 2 aromatic rings. The number of likely N-dealkylation sites (N-methyl/N-ethyl adjacent to an activating group) is 1. The van der Waals surface area contributed by atoms with Crippen molar-refractivity contribution < 1.29 is 8.42 Å². The molecule has 1 aromatic heterocycles. The molecule has 7 heteroatoms. The first-order valence-electron chi connectivity index (χ1n) is 7.03. The Labute approximate surface area is 124 Å². The summed E-state index contributed by atoms with van der Waals surface area (Å²) in [5.41, 5.74) is 7.29. The average Bonchev–Trinajstić information content (AvgIpc) is 2.93. The molecule has 1 saturated heterocycles. The summed E-state index contributed by atoms with van der Waals surface area (Å²) in [6.07, 6.45) is 3.51. The van der Waals surface area contributed by atoms with Gasteiger partial charge in [0.05, 0.1) is 10.4 Å². The molecule has 21 heavy (non-hydrogen) atoms. The number of para-hydroxylation sites is 1. The monoisotopic (exact) mass is 308 g/mol. The normalized spacial score (nSPS) is 20.4. The molecule has 1 unspecified atom stereocenters. The zero-order valence-electron chi connectivity index (χ0n) is 12.3. The number of nitrogen functional groups attached to an aromatic ring is 1. The number of nitrogens with zero attached hydrogens (tertiary/aromatic N) is 3. The number of imidazole rings is 1. The standard InChI is InChI=1S/C14H20N4O2S/c1-17-8-4-5-10(17)9-18-11-6-3-7-12(21(2,19)20)13(11)16-14(18)15/h3,6-7,10H,4-5,8-9H2,1-2H3,(H2,15,16). The molecule has 1 aromatic carbocycles. The van der Waals surface area contributed by atoms with Crippen LogP contribution in [0.15, 0.2) is 23.1 Å². The summed E-state index contributed by atoms with van der Waals surface area (Å²) in [6.45, 7) is 1.83. The minimum atomic E-state index is -3.31. The van der Waals surface area contributed by atoms with E-state index in [-0.39, 0.29) is 4.90 Å². The van der Waals surface area contributed by atoms with E-state index < -0.39 is 9.84 Å². The van der Waals surface area contributed by atoms with Crippen LogP contribution in [0.3, 0.4) is 0 Å². The fraction of sp³-hybridized carbons (Fsp3) is 0.500. The molecule has 2 heterocycles. The Morgan fingerprint density at radius 3 is 2.81 bits per heavy atom. The molecule has 0 aliphatic carbocycles. The van der Waals surface area contributed by atoms with Crippen molar-refractivity contribution >= 4 is 26.8 Å². The van der Waals surface area contributed by atoms with Crippen molar-refractivity contribution in [1.29, 1.82) is 0 Å². The van der Waals surface area contributed by atoms with Gasteiger partial charge in [-0.1, -0.05) is 6.07 Å². The van der Waals surface area contributed by atoms with E-state index in [1.807, 2.05) is 10.6 Å². The molecule has 1 atom stereocenters. The topological polar surface area (TPSA) is 81.2 Å². The van der Waals surface area contributed by atoms with Crippen molar-refractivity contribution in [3.8, 4) is 0 Å². The molecular formula is C14H20N4O2S. The smallest absolute Gasteiger partial charge is 0.201 e. The van der Waals surface area contributed by atoms with Crippen molar-refractivity contribution in [2.24, 2.45) is 0 Å². The van der Waals surface area contributed by atoms with Crippen molar-refractivity contribution in [3.63, 3.8) is 0 Å². The van der Waals surface area contributed by atoms with Gasteiger partial charge in [0.25, 0.3) is 0 Å². The Morgan fingerprint density at radius 1 is 1.43 bits per heavy atom. The van der Waals surface area contributed by atoms with Crippen molar-refractivity contribution in [2.75, 3.05) is 25.6 Å². The maximum absolute atomic E-state index is 11.9. The van der Waals surface area contributed by atoms with E-state index in [1.165, 1.54) is 12.7 Å². The van der Waals surface area contributed by atoms with Gasteiger partial charge in [-0.3, -0.25) is 0 Å². The second kappa shape index (κ2) is 4.99. The molecule has 1 aliphatic heterocycles. The van der Waals surface area contributed by atoms with Gasteiger partial charge in [-0.25, -0.2) is 13.4 Å². The van der Waals surface area contributed by atoms with Gasteiger partial charge >= 0.3 is 0 Å². The summed E-state index contributed by atoms with van der Waals surface area (Å²) in [5, 5.41) is 0. The highest BCUT2D eigenvalue weighted by Crippen LogP contribution is 2.27. The van der Waals surface area contributed by atoms with E-state index in [2.05, 4.69) is 16.9 Å². The van der Waals surface area contributed by atoms with Crippen LogP contribution in [0.2, 0.25) is 0 Å². The van der Waals surface area contributed by atoms with Gasteiger partial charge in [0.1, 0.15) is 5.52 Å². The van der Waals surface area contributed by atoms with Crippen LogP contribution in [-0.4, -0.2) is 48.8 Å². The minimum absolute atomic E-state index is 0.241. The Bertz CT molecular complexity index is 782. The molecule has 0 radical (unpaired) electrons. The van der Waals surface area contributed by atoms with Crippen LogP contribution in [0.1, 0.15) is 12.8 Å². The van der Waals surface area contributed by atoms with Crippen LogP contribution in [0.4, 0.5) is 5.95 Å².